The molecule has 0 bridgehead atoms. The van der Waals surface area contributed by atoms with Crippen molar-refractivity contribution < 1.29 is 18.0 Å². The van der Waals surface area contributed by atoms with Gasteiger partial charge in [-0.1, -0.05) is 6.07 Å². The van der Waals surface area contributed by atoms with E-state index in [1.54, 1.807) is 23.3 Å². The quantitative estimate of drug-likeness (QED) is 0.386. The van der Waals surface area contributed by atoms with Crippen molar-refractivity contribution in [3.05, 3.63) is 66.1 Å². The van der Waals surface area contributed by atoms with E-state index in [-0.39, 0.29) is 43.2 Å². The van der Waals surface area contributed by atoms with E-state index in [9.17, 15) is 18.0 Å². The van der Waals surface area contributed by atoms with E-state index in [4.69, 9.17) is 0 Å². The number of nitrogens with one attached hydrogen (secondary N) is 2. The number of H-pyrrole nitrogens is 1. The van der Waals surface area contributed by atoms with Gasteiger partial charge in [-0.3, -0.25) is 14.5 Å². The van der Waals surface area contributed by atoms with Gasteiger partial charge in [0.05, 0.1) is 24.1 Å². The first-order valence-electron chi connectivity index (χ1n) is 11.2. The third-order valence-corrected chi connectivity index (χ3v) is 6.33. The molecule has 1 fully saturated rings. The second-order valence-corrected chi connectivity index (χ2v) is 8.91. The predicted octanol–water partition coefficient (Wildman–Crippen LogP) is 5.87. The molecule has 4 aromatic rings. The monoisotopic (exact) mass is 467 g/mol. The van der Waals surface area contributed by atoms with E-state index in [1.165, 1.54) is 13.0 Å². The SMILES string of the molecule is CC(=O)Nc1c[nH]c2ccc(-c3cnn(Cc4cnc(C5CCC(F)(F)CC5)c(F)c4)c3)cc12. The van der Waals surface area contributed by atoms with Crippen molar-refractivity contribution in [3.8, 4) is 11.1 Å². The number of anilines is 1. The molecule has 1 aliphatic carbocycles. The summed E-state index contributed by atoms with van der Waals surface area (Å²) >= 11 is 0. The first-order chi connectivity index (χ1) is 16.3. The fourth-order valence-electron chi connectivity index (χ4n) is 4.57. The Labute approximate surface area is 194 Å². The molecule has 176 valence electrons. The molecule has 0 saturated heterocycles. The summed E-state index contributed by atoms with van der Waals surface area (Å²) in [6.07, 6.45) is 6.98. The fraction of sp³-hybridized carbons (Fsp3) is 0.320. The van der Waals surface area contributed by atoms with E-state index in [2.05, 4.69) is 20.4 Å². The molecule has 3 aromatic heterocycles. The number of halogens is 3. The zero-order valence-corrected chi connectivity index (χ0v) is 18.6. The van der Waals surface area contributed by atoms with Crippen molar-refractivity contribution >= 4 is 22.5 Å². The average molecular weight is 467 g/mol. The number of fused-ring (bicyclic) bond motifs is 1. The van der Waals surface area contributed by atoms with Crippen LogP contribution in [0.4, 0.5) is 18.9 Å². The highest BCUT2D eigenvalue weighted by Crippen LogP contribution is 2.41. The van der Waals surface area contributed by atoms with Crippen LogP contribution in [0, 0.1) is 5.82 Å². The zero-order valence-electron chi connectivity index (χ0n) is 18.6. The smallest absolute Gasteiger partial charge is 0.248 e. The van der Waals surface area contributed by atoms with Gasteiger partial charge >= 0.3 is 0 Å². The van der Waals surface area contributed by atoms with E-state index < -0.39 is 11.7 Å². The zero-order chi connectivity index (χ0) is 23.9. The first kappa shape index (κ1) is 22.2. The number of amides is 1. The lowest BCUT2D eigenvalue weighted by Gasteiger charge is -2.28. The van der Waals surface area contributed by atoms with Crippen LogP contribution in [0.1, 0.15) is 49.8 Å². The summed E-state index contributed by atoms with van der Waals surface area (Å²) in [4.78, 5) is 18.9. The van der Waals surface area contributed by atoms with Gasteiger partial charge in [0, 0.05) is 60.7 Å². The van der Waals surface area contributed by atoms with Gasteiger partial charge in [0.25, 0.3) is 0 Å². The number of aromatic nitrogens is 4. The van der Waals surface area contributed by atoms with Crippen LogP contribution in [-0.2, 0) is 11.3 Å². The van der Waals surface area contributed by atoms with E-state index >= 15 is 0 Å². The normalized spacial score (nSPS) is 16.1. The number of hydrogen-bond acceptors (Lipinski definition) is 3. The van der Waals surface area contributed by atoms with Crippen LogP contribution < -0.4 is 5.32 Å². The summed E-state index contributed by atoms with van der Waals surface area (Å²) in [5.74, 6) is -3.52. The van der Waals surface area contributed by atoms with Gasteiger partial charge in [0.15, 0.2) is 0 Å². The molecule has 1 aromatic carbocycles. The number of carbonyl (C=O) groups is 1. The highest BCUT2D eigenvalue weighted by Gasteiger charge is 2.36. The van der Waals surface area contributed by atoms with Gasteiger partial charge in [0.2, 0.25) is 11.8 Å². The van der Waals surface area contributed by atoms with Gasteiger partial charge in [-0.15, -0.1) is 0 Å². The summed E-state index contributed by atoms with van der Waals surface area (Å²) in [5, 5.41) is 8.09. The summed E-state index contributed by atoms with van der Waals surface area (Å²) in [5.41, 5.74) is 4.34. The second-order valence-electron chi connectivity index (χ2n) is 8.91. The predicted molar refractivity (Wildman–Crippen MR) is 123 cm³/mol. The Morgan fingerprint density at radius 3 is 2.74 bits per heavy atom. The Balaban J connectivity index is 1.32. The minimum atomic E-state index is -2.65. The highest BCUT2D eigenvalue weighted by molar-refractivity contribution is 6.02. The average Bonchev–Trinajstić information content (AvgIpc) is 3.41. The summed E-state index contributed by atoms with van der Waals surface area (Å²) in [7, 11) is 0. The molecule has 0 radical (unpaired) electrons. The summed E-state index contributed by atoms with van der Waals surface area (Å²) in [6, 6.07) is 7.29. The minimum Gasteiger partial charge on any atom is -0.359 e. The van der Waals surface area contributed by atoms with Gasteiger partial charge in [-0.05, 0) is 42.2 Å². The second kappa shape index (κ2) is 8.62. The number of nitrogens with zero attached hydrogens (tertiary/aromatic N) is 3. The van der Waals surface area contributed by atoms with Crippen molar-refractivity contribution in [2.75, 3.05) is 5.32 Å². The van der Waals surface area contributed by atoms with Crippen molar-refractivity contribution in [1.82, 2.24) is 19.7 Å². The van der Waals surface area contributed by atoms with E-state index in [0.29, 0.717) is 17.8 Å². The first-order valence-corrected chi connectivity index (χ1v) is 11.2. The molecule has 0 aliphatic heterocycles. The Hall–Kier alpha value is -3.62. The molecule has 0 atom stereocenters. The Morgan fingerprint density at radius 2 is 2.00 bits per heavy atom. The topological polar surface area (TPSA) is 75.6 Å². The standard InChI is InChI=1S/C25H24F3N5O/c1-15(34)32-23-12-29-22-3-2-18(9-20(22)23)19-11-31-33(14-19)13-16-8-21(26)24(30-10-16)17-4-6-25(27,28)7-5-17/h2-3,8-12,14,17,29H,4-7,13H2,1H3,(H,32,34). The van der Waals surface area contributed by atoms with Crippen LogP contribution in [0.2, 0.25) is 0 Å². The summed E-state index contributed by atoms with van der Waals surface area (Å²) < 4.78 is 43.3. The Bertz CT molecular complexity index is 1350. The van der Waals surface area contributed by atoms with Crippen LogP contribution >= 0.6 is 0 Å². The van der Waals surface area contributed by atoms with Crippen molar-refractivity contribution in [3.63, 3.8) is 0 Å². The van der Waals surface area contributed by atoms with E-state index in [1.807, 2.05) is 24.4 Å². The molecule has 6 nitrogen and oxygen atoms in total. The molecular formula is C25H24F3N5O. The molecule has 9 heteroatoms. The lowest BCUT2D eigenvalue weighted by molar-refractivity contribution is -0.114. The largest absolute Gasteiger partial charge is 0.359 e. The highest BCUT2D eigenvalue weighted by atomic mass is 19.3. The number of carbonyl (C=O) groups excluding carboxylic acids is 1. The van der Waals surface area contributed by atoms with Crippen LogP contribution in [0.5, 0.6) is 0 Å². The summed E-state index contributed by atoms with van der Waals surface area (Å²) in [6.45, 7) is 1.79. The third kappa shape index (κ3) is 4.55. The maximum absolute atomic E-state index is 14.7. The Morgan fingerprint density at radius 1 is 1.21 bits per heavy atom. The number of alkyl halides is 2. The molecule has 0 spiro atoms. The number of aromatic amines is 1. The molecule has 1 amide bonds. The maximum Gasteiger partial charge on any atom is 0.248 e. The molecule has 1 saturated carbocycles. The van der Waals surface area contributed by atoms with Crippen LogP contribution in [-0.4, -0.2) is 31.6 Å². The minimum absolute atomic E-state index is 0.146. The Kier molecular flexibility index (Phi) is 5.63. The molecule has 2 N–H and O–H groups in total. The molecule has 3 heterocycles. The number of benzene rings is 1. The fourth-order valence-corrected chi connectivity index (χ4v) is 4.57. The molecule has 34 heavy (non-hydrogen) atoms. The van der Waals surface area contributed by atoms with Gasteiger partial charge < -0.3 is 10.3 Å². The lowest BCUT2D eigenvalue weighted by atomic mass is 9.84. The van der Waals surface area contributed by atoms with Crippen LogP contribution in [0.15, 0.2) is 49.1 Å². The maximum atomic E-state index is 14.7. The molecule has 1 aliphatic rings. The molecule has 0 unspecified atom stereocenters. The molecule has 5 rings (SSSR count). The lowest BCUT2D eigenvalue weighted by Crippen LogP contribution is -2.24. The van der Waals surface area contributed by atoms with Gasteiger partial charge in [-0.2, -0.15) is 5.10 Å². The van der Waals surface area contributed by atoms with Gasteiger partial charge in [0.1, 0.15) is 5.82 Å². The van der Waals surface area contributed by atoms with E-state index in [0.717, 1.165) is 22.0 Å². The van der Waals surface area contributed by atoms with Gasteiger partial charge in [-0.25, -0.2) is 13.2 Å². The van der Waals surface area contributed by atoms with Crippen molar-refractivity contribution in [1.29, 1.82) is 0 Å². The third-order valence-electron chi connectivity index (χ3n) is 6.33. The number of pyridine rings is 1. The van der Waals surface area contributed by atoms with Crippen molar-refractivity contribution in [2.45, 2.75) is 51.0 Å². The van der Waals surface area contributed by atoms with Crippen LogP contribution in [0.3, 0.4) is 0 Å². The van der Waals surface area contributed by atoms with Crippen molar-refractivity contribution in [2.24, 2.45) is 0 Å². The van der Waals surface area contributed by atoms with Crippen LogP contribution in [0.25, 0.3) is 22.0 Å². The number of rotatable bonds is 5. The number of hydrogen-bond donors (Lipinski definition) is 2. The molecular weight excluding hydrogens is 443 g/mol.